The van der Waals surface area contributed by atoms with E-state index in [1.54, 1.807) is 24.9 Å². The van der Waals surface area contributed by atoms with Crippen LogP contribution in [0.1, 0.15) is 49.6 Å². The third kappa shape index (κ3) is 5.94. The van der Waals surface area contributed by atoms with Gasteiger partial charge in [0.1, 0.15) is 17.6 Å². The number of fused-ring (bicyclic) bond motifs is 2. The van der Waals surface area contributed by atoms with Crippen LogP contribution in [0.2, 0.25) is 0 Å². The van der Waals surface area contributed by atoms with E-state index in [0.717, 1.165) is 36.4 Å². The Bertz CT molecular complexity index is 1450. The summed E-state index contributed by atoms with van der Waals surface area (Å²) in [4.78, 5) is 42.9. The van der Waals surface area contributed by atoms with Gasteiger partial charge in [-0.2, -0.15) is 18.3 Å². The van der Waals surface area contributed by atoms with Crippen molar-refractivity contribution in [2.24, 2.45) is 5.92 Å². The zero-order valence-corrected chi connectivity index (χ0v) is 22.6. The fraction of sp³-hybridized carbons (Fsp3) is 0.393. The highest BCUT2D eigenvalue weighted by Gasteiger charge is 2.38. The maximum atomic E-state index is 13.4. The first-order chi connectivity index (χ1) is 19.5. The Morgan fingerprint density at radius 2 is 1.93 bits per heavy atom. The highest BCUT2D eigenvalue weighted by atomic mass is 19.4. The number of benzene rings is 1. The highest BCUT2D eigenvalue weighted by Crippen LogP contribution is 2.31. The van der Waals surface area contributed by atoms with Gasteiger partial charge in [-0.05, 0) is 36.6 Å². The standard InChI is InChI=1S/C28H30F3N7O3/c1-3-37-23(14-21(35-37)18-9-10-22(32-15-18)28(29,30)31)33-24(39)13-17(2)26(40)34-25-20-8-5-4-7-19(20)16-36-11-6-12-38(36)27(25)41/h4-5,7-10,14-15,17,25H,3,6,11-13,16H2,1-2H3,(H,33,39)(H,34,40)/t17-,25+/m1/s1. The smallest absolute Gasteiger partial charge is 0.340 e. The molecular weight excluding hydrogens is 539 g/mol. The van der Waals surface area contributed by atoms with E-state index >= 15 is 0 Å². The van der Waals surface area contributed by atoms with E-state index in [2.05, 4.69) is 20.7 Å². The molecule has 0 radical (unpaired) electrons. The summed E-state index contributed by atoms with van der Waals surface area (Å²) < 4.78 is 40.1. The van der Waals surface area contributed by atoms with Gasteiger partial charge in [0.05, 0.1) is 5.69 Å². The van der Waals surface area contributed by atoms with Gasteiger partial charge in [-0.25, -0.2) is 9.69 Å². The van der Waals surface area contributed by atoms with Gasteiger partial charge in [0.15, 0.2) is 0 Å². The summed E-state index contributed by atoms with van der Waals surface area (Å²) in [6.45, 7) is 5.74. The van der Waals surface area contributed by atoms with Crippen molar-refractivity contribution in [3.8, 4) is 11.3 Å². The normalized spacial score (nSPS) is 17.9. The number of aryl methyl sites for hydroxylation is 1. The summed E-state index contributed by atoms with van der Waals surface area (Å²) in [5.41, 5.74) is 1.40. The minimum atomic E-state index is -4.55. The Morgan fingerprint density at radius 3 is 2.63 bits per heavy atom. The lowest BCUT2D eigenvalue weighted by atomic mass is 9.98. The minimum Gasteiger partial charge on any atom is -0.340 e. The molecule has 216 valence electrons. The molecular formula is C28H30F3N7O3. The van der Waals surface area contributed by atoms with Gasteiger partial charge in [-0.15, -0.1) is 0 Å². The molecule has 0 unspecified atom stereocenters. The van der Waals surface area contributed by atoms with Crippen LogP contribution in [0.15, 0.2) is 48.7 Å². The van der Waals surface area contributed by atoms with Crippen molar-refractivity contribution in [2.75, 3.05) is 18.4 Å². The number of amides is 3. The van der Waals surface area contributed by atoms with Crippen molar-refractivity contribution in [3.63, 3.8) is 0 Å². The molecule has 0 bridgehead atoms. The number of carbonyl (C=O) groups excluding carboxylic acids is 3. The Kier molecular flexibility index (Phi) is 7.80. The summed E-state index contributed by atoms with van der Waals surface area (Å²) in [6, 6.07) is 10.4. The van der Waals surface area contributed by atoms with Crippen LogP contribution in [0, 0.1) is 5.92 Å². The molecule has 1 fully saturated rings. The molecule has 2 atom stereocenters. The lowest BCUT2D eigenvalue weighted by Crippen LogP contribution is -2.46. The van der Waals surface area contributed by atoms with Crippen LogP contribution in [0.3, 0.4) is 0 Å². The molecule has 3 aromatic rings. The van der Waals surface area contributed by atoms with Crippen molar-refractivity contribution in [2.45, 2.75) is 52.0 Å². The molecule has 2 N–H and O–H groups in total. The zero-order valence-electron chi connectivity index (χ0n) is 22.6. The van der Waals surface area contributed by atoms with Crippen molar-refractivity contribution in [1.82, 2.24) is 30.1 Å². The largest absolute Gasteiger partial charge is 0.433 e. The predicted octanol–water partition coefficient (Wildman–Crippen LogP) is 3.77. The molecule has 1 saturated heterocycles. The van der Waals surface area contributed by atoms with Gasteiger partial charge >= 0.3 is 6.18 Å². The van der Waals surface area contributed by atoms with Crippen LogP contribution < -0.4 is 10.6 Å². The number of aromatic nitrogens is 3. The maximum absolute atomic E-state index is 13.4. The van der Waals surface area contributed by atoms with Gasteiger partial charge in [-0.3, -0.25) is 24.4 Å². The first-order valence-electron chi connectivity index (χ1n) is 13.4. The van der Waals surface area contributed by atoms with Gasteiger partial charge in [0.25, 0.3) is 5.91 Å². The average Bonchev–Trinajstić information content (AvgIpc) is 3.55. The number of hydrazine groups is 1. The third-order valence-corrected chi connectivity index (χ3v) is 7.27. The molecule has 2 aromatic heterocycles. The number of rotatable bonds is 7. The number of hydrogen-bond acceptors (Lipinski definition) is 6. The summed E-state index contributed by atoms with van der Waals surface area (Å²) in [5.74, 6) is -1.49. The molecule has 0 aliphatic carbocycles. The number of carbonyl (C=O) groups is 3. The van der Waals surface area contributed by atoms with Gasteiger partial charge in [-0.1, -0.05) is 31.2 Å². The first-order valence-corrected chi connectivity index (χ1v) is 13.4. The molecule has 5 rings (SSSR count). The van der Waals surface area contributed by atoms with Crippen molar-refractivity contribution in [1.29, 1.82) is 0 Å². The van der Waals surface area contributed by atoms with Crippen LogP contribution in [-0.2, 0) is 33.6 Å². The molecule has 10 nitrogen and oxygen atoms in total. The summed E-state index contributed by atoms with van der Waals surface area (Å²) in [5, 5.41) is 13.7. The van der Waals surface area contributed by atoms with E-state index < -0.39 is 35.6 Å². The quantitative estimate of drug-likeness (QED) is 0.448. The monoisotopic (exact) mass is 569 g/mol. The molecule has 41 heavy (non-hydrogen) atoms. The number of alkyl halides is 3. The Morgan fingerprint density at radius 1 is 1.15 bits per heavy atom. The second kappa shape index (κ2) is 11.3. The second-order valence-corrected chi connectivity index (χ2v) is 10.2. The van der Waals surface area contributed by atoms with Crippen LogP contribution in [0.25, 0.3) is 11.3 Å². The number of anilines is 1. The molecule has 0 saturated carbocycles. The van der Waals surface area contributed by atoms with Gasteiger partial charge < -0.3 is 10.6 Å². The van der Waals surface area contributed by atoms with E-state index in [1.165, 1.54) is 10.7 Å². The predicted molar refractivity (Wildman–Crippen MR) is 143 cm³/mol. The van der Waals surface area contributed by atoms with E-state index in [0.29, 0.717) is 36.7 Å². The molecule has 1 aromatic carbocycles. The number of hydrogen-bond donors (Lipinski definition) is 2. The summed E-state index contributed by atoms with van der Waals surface area (Å²) in [6.07, 6.45) is -2.77. The molecule has 4 heterocycles. The van der Waals surface area contributed by atoms with E-state index in [4.69, 9.17) is 0 Å². The van der Waals surface area contributed by atoms with Crippen LogP contribution >= 0.6 is 0 Å². The number of nitrogens with zero attached hydrogens (tertiary/aromatic N) is 5. The minimum absolute atomic E-state index is 0.156. The van der Waals surface area contributed by atoms with Crippen molar-refractivity contribution >= 4 is 23.5 Å². The topological polar surface area (TPSA) is 112 Å². The maximum Gasteiger partial charge on any atom is 0.433 e. The Balaban J connectivity index is 1.25. The van der Waals surface area contributed by atoms with E-state index in [9.17, 15) is 27.6 Å². The van der Waals surface area contributed by atoms with E-state index in [-0.39, 0.29) is 12.3 Å². The van der Waals surface area contributed by atoms with Gasteiger partial charge in [0.2, 0.25) is 11.8 Å². The second-order valence-electron chi connectivity index (χ2n) is 10.2. The fourth-order valence-corrected chi connectivity index (χ4v) is 5.12. The van der Waals surface area contributed by atoms with Crippen LogP contribution in [-0.4, -0.2) is 55.6 Å². The number of halogens is 3. The van der Waals surface area contributed by atoms with Crippen molar-refractivity contribution in [3.05, 3.63) is 65.5 Å². The van der Waals surface area contributed by atoms with Crippen LogP contribution in [0.5, 0.6) is 0 Å². The summed E-state index contributed by atoms with van der Waals surface area (Å²) >= 11 is 0. The number of pyridine rings is 1. The van der Waals surface area contributed by atoms with Crippen LogP contribution in [0.4, 0.5) is 19.0 Å². The summed E-state index contributed by atoms with van der Waals surface area (Å²) in [7, 11) is 0. The highest BCUT2D eigenvalue weighted by molar-refractivity contribution is 5.95. The molecule has 2 aliphatic rings. The molecule has 3 amide bonds. The number of nitrogens with one attached hydrogen (secondary N) is 2. The average molecular weight is 570 g/mol. The molecule has 0 spiro atoms. The van der Waals surface area contributed by atoms with E-state index in [1.807, 2.05) is 29.3 Å². The van der Waals surface area contributed by atoms with Gasteiger partial charge in [0, 0.05) is 56.3 Å². The first kappa shape index (κ1) is 28.3. The molecule has 2 aliphatic heterocycles. The molecule has 13 heteroatoms. The lowest BCUT2D eigenvalue weighted by molar-refractivity contribution is -0.148. The lowest BCUT2D eigenvalue weighted by Gasteiger charge is -2.28. The third-order valence-electron chi connectivity index (χ3n) is 7.27. The van der Waals surface area contributed by atoms with Crippen molar-refractivity contribution < 1.29 is 27.6 Å². The fourth-order valence-electron chi connectivity index (χ4n) is 5.12. The SMILES string of the molecule is CCn1nc(-c2ccc(C(F)(F)F)nc2)cc1NC(=O)C[C@@H](C)C(=O)N[C@@H]1C(=O)N2CCCN2Cc2ccccc21. The Hall–Kier alpha value is -4.26. The zero-order chi connectivity index (χ0) is 29.3. The Labute approximate surface area is 234 Å².